The first kappa shape index (κ1) is 13.1. The molecule has 0 atom stereocenters. The number of hydrogen-bond acceptors (Lipinski definition) is 4. The number of thiazole rings is 1. The zero-order chi connectivity index (χ0) is 13.1. The predicted octanol–water partition coefficient (Wildman–Crippen LogP) is 3.94. The van der Waals surface area contributed by atoms with Gasteiger partial charge in [-0.25, -0.2) is 4.98 Å². The fourth-order valence-corrected chi connectivity index (χ4v) is 2.63. The third-order valence-electron chi connectivity index (χ3n) is 2.72. The molecular weight excluding hydrogens is 268 g/mol. The van der Waals surface area contributed by atoms with E-state index in [0.717, 1.165) is 18.4 Å². The molecule has 1 heterocycles. The molecule has 0 spiro atoms. The van der Waals surface area contributed by atoms with Gasteiger partial charge >= 0.3 is 0 Å². The van der Waals surface area contributed by atoms with E-state index < -0.39 is 0 Å². The van der Waals surface area contributed by atoms with Crippen LogP contribution in [0.3, 0.4) is 0 Å². The minimum absolute atomic E-state index is 0.266. The maximum Gasteiger partial charge on any atom is 0.191 e. The molecule has 0 saturated heterocycles. The second-order valence-corrected chi connectivity index (χ2v) is 5.22. The largest absolute Gasteiger partial charge is 0.321 e. The van der Waals surface area contributed by atoms with Crippen molar-refractivity contribution in [3.05, 3.63) is 39.9 Å². The zero-order valence-electron chi connectivity index (χ0n) is 10.2. The molecule has 1 aromatic carbocycles. The smallest absolute Gasteiger partial charge is 0.191 e. The molecule has 94 valence electrons. The number of rotatable bonds is 4. The van der Waals surface area contributed by atoms with Crippen LogP contribution in [0.25, 0.3) is 0 Å². The van der Waals surface area contributed by atoms with Crippen LogP contribution in [0.1, 0.15) is 22.2 Å². The molecule has 0 fully saturated rings. The first-order chi connectivity index (χ1) is 8.65. The lowest BCUT2D eigenvalue weighted by molar-refractivity contribution is 0.112. The van der Waals surface area contributed by atoms with Crippen molar-refractivity contribution >= 4 is 40.0 Å². The second kappa shape index (κ2) is 5.50. The van der Waals surface area contributed by atoms with Crippen molar-refractivity contribution < 1.29 is 4.79 Å². The van der Waals surface area contributed by atoms with E-state index in [1.165, 1.54) is 16.9 Å². The summed E-state index contributed by atoms with van der Waals surface area (Å²) in [5.41, 5.74) is 2.31. The topological polar surface area (TPSA) is 33.2 Å². The maximum atomic E-state index is 10.8. The summed E-state index contributed by atoms with van der Waals surface area (Å²) < 4.78 is 0. The zero-order valence-corrected chi connectivity index (χ0v) is 11.8. The molecule has 0 bridgehead atoms. The summed E-state index contributed by atoms with van der Waals surface area (Å²) in [5, 5.41) is 0.980. The minimum Gasteiger partial charge on any atom is -0.321 e. The molecule has 0 N–H and O–H groups in total. The summed E-state index contributed by atoms with van der Waals surface area (Å²) in [6, 6.07) is 8.24. The van der Waals surface area contributed by atoms with Gasteiger partial charge in [0.1, 0.15) is 4.88 Å². The molecule has 0 saturated carbocycles. The Morgan fingerprint density at radius 1 is 1.39 bits per heavy atom. The normalized spacial score (nSPS) is 10.4. The number of aldehydes is 1. The average Bonchev–Trinajstić information content (AvgIpc) is 2.79. The summed E-state index contributed by atoms with van der Waals surface area (Å²) in [4.78, 5) is 17.3. The monoisotopic (exact) mass is 280 g/mol. The summed E-state index contributed by atoms with van der Waals surface area (Å²) >= 11 is 7.15. The minimum atomic E-state index is 0.266. The van der Waals surface area contributed by atoms with E-state index in [9.17, 15) is 4.79 Å². The van der Waals surface area contributed by atoms with Gasteiger partial charge in [-0.05, 0) is 24.1 Å². The highest BCUT2D eigenvalue weighted by molar-refractivity contribution is 7.17. The lowest BCUT2D eigenvalue weighted by atomic mass is 10.1. The lowest BCUT2D eigenvalue weighted by Crippen LogP contribution is -2.08. The molecule has 0 amide bonds. The van der Waals surface area contributed by atoms with Gasteiger partial charge in [-0.1, -0.05) is 42.0 Å². The Bertz CT molecular complexity index is 551. The Kier molecular flexibility index (Phi) is 3.99. The molecule has 0 radical (unpaired) electrons. The molecule has 0 unspecified atom stereocenters. The van der Waals surface area contributed by atoms with E-state index in [2.05, 4.69) is 24.0 Å². The Morgan fingerprint density at radius 3 is 2.56 bits per heavy atom. The van der Waals surface area contributed by atoms with Crippen molar-refractivity contribution in [2.24, 2.45) is 0 Å². The van der Waals surface area contributed by atoms with Crippen molar-refractivity contribution in [2.75, 3.05) is 11.9 Å². The number of carbonyl (C=O) groups is 1. The number of aryl methyl sites for hydroxylation is 1. The summed E-state index contributed by atoms with van der Waals surface area (Å²) in [5.74, 6) is 0. The number of carbonyl (C=O) groups excluding carboxylic acids is 1. The van der Waals surface area contributed by atoms with Gasteiger partial charge in [0.15, 0.2) is 16.6 Å². The highest BCUT2D eigenvalue weighted by Crippen LogP contribution is 2.31. The fourth-order valence-electron chi connectivity index (χ4n) is 1.58. The molecule has 2 aromatic rings. The number of halogens is 1. The quantitative estimate of drug-likeness (QED) is 0.796. The van der Waals surface area contributed by atoms with Gasteiger partial charge < -0.3 is 4.90 Å². The Balaban J connectivity index is 2.28. The molecular formula is C13H13ClN2OS. The van der Waals surface area contributed by atoms with Gasteiger partial charge in [-0.15, -0.1) is 0 Å². The van der Waals surface area contributed by atoms with Gasteiger partial charge in [0, 0.05) is 12.7 Å². The first-order valence-corrected chi connectivity index (χ1v) is 6.79. The Labute approximate surface area is 115 Å². The molecule has 0 aliphatic rings. The molecule has 5 heteroatoms. The number of aromatic nitrogens is 1. The highest BCUT2D eigenvalue weighted by atomic mass is 35.5. The van der Waals surface area contributed by atoms with Crippen LogP contribution in [-0.4, -0.2) is 18.3 Å². The van der Waals surface area contributed by atoms with Crippen molar-refractivity contribution in [3.8, 4) is 0 Å². The Morgan fingerprint density at radius 2 is 2.06 bits per heavy atom. The summed E-state index contributed by atoms with van der Waals surface area (Å²) in [6.45, 7) is 2.12. The van der Waals surface area contributed by atoms with Gasteiger partial charge in [-0.2, -0.15) is 0 Å². The van der Waals surface area contributed by atoms with E-state index in [1.807, 2.05) is 24.1 Å². The number of benzene rings is 1. The van der Waals surface area contributed by atoms with Crippen LogP contribution < -0.4 is 4.90 Å². The standard InChI is InChI=1S/C13H13ClN2OS/c1-3-9-4-6-10(7-5-9)16(2)13-15-12(14)11(8-17)18-13/h4-8H,3H2,1-2H3. The Hall–Kier alpha value is -1.39. The average molecular weight is 281 g/mol. The third-order valence-corrected chi connectivity index (χ3v) is 4.18. The molecule has 3 nitrogen and oxygen atoms in total. The number of anilines is 2. The first-order valence-electron chi connectivity index (χ1n) is 5.60. The van der Waals surface area contributed by atoms with Crippen LogP contribution in [0.4, 0.5) is 10.8 Å². The van der Waals surface area contributed by atoms with E-state index >= 15 is 0 Å². The SMILES string of the molecule is CCc1ccc(N(C)c2nc(Cl)c(C=O)s2)cc1. The van der Waals surface area contributed by atoms with Crippen LogP contribution in [-0.2, 0) is 6.42 Å². The van der Waals surface area contributed by atoms with Crippen LogP contribution in [0.15, 0.2) is 24.3 Å². The van der Waals surface area contributed by atoms with Crippen molar-refractivity contribution in [3.63, 3.8) is 0 Å². The number of nitrogens with zero attached hydrogens (tertiary/aromatic N) is 2. The van der Waals surface area contributed by atoms with Crippen molar-refractivity contribution in [2.45, 2.75) is 13.3 Å². The lowest BCUT2D eigenvalue weighted by Gasteiger charge is -2.15. The summed E-state index contributed by atoms with van der Waals surface area (Å²) in [6.07, 6.45) is 1.75. The second-order valence-electron chi connectivity index (χ2n) is 3.85. The van der Waals surface area contributed by atoms with E-state index in [0.29, 0.717) is 10.0 Å². The molecule has 0 aliphatic heterocycles. The van der Waals surface area contributed by atoms with E-state index in [4.69, 9.17) is 11.6 Å². The van der Waals surface area contributed by atoms with Gasteiger partial charge in [0.25, 0.3) is 0 Å². The van der Waals surface area contributed by atoms with E-state index in [1.54, 1.807) is 0 Å². The summed E-state index contributed by atoms with van der Waals surface area (Å²) in [7, 11) is 1.91. The maximum absolute atomic E-state index is 10.8. The van der Waals surface area contributed by atoms with Crippen LogP contribution in [0, 0.1) is 0 Å². The van der Waals surface area contributed by atoms with E-state index in [-0.39, 0.29) is 5.15 Å². The number of hydrogen-bond donors (Lipinski definition) is 0. The van der Waals surface area contributed by atoms with Gasteiger partial charge in [-0.3, -0.25) is 4.79 Å². The molecule has 1 aromatic heterocycles. The van der Waals surface area contributed by atoms with Gasteiger partial charge in [0.05, 0.1) is 0 Å². The van der Waals surface area contributed by atoms with Crippen molar-refractivity contribution in [1.29, 1.82) is 0 Å². The van der Waals surface area contributed by atoms with Crippen LogP contribution in [0.2, 0.25) is 5.15 Å². The third kappa shape index (κ3) is 2.54. The van der Waals surface area contributed by atoms with Gasteiger partial charge in [0.2, 0.25) is 0 Å². The fraction of sp³-hybridized carbons (Fsp3) is 0.231. The highest BCUT2D eigenvalue weighted by Gasteiger charge is 2.13. The van der Waals surface area contributed by atoms with Crippen molar-refractivity contribution in [1.82, 2.24) is 4.98 Å². The molecule has 0 aliphatic carbocycles. The molecule has 18 heavy (non-hydrogen) atoms. The van der Waals surface area contributed by atoms with Crippen LogP contribution >= 0.6 is 22.9 Å². The predicted molar refractivity (Wildman–Crippen MR) is 76.4 cm³/mol. The molecule has 2 rings (SSSR count). The van der Waals surface area contributed by atoms with Crippen LogP contribution in [0.5, 0.6) is 0 Å².